The lowest BCUT2D eigenvalue weighted by atomic mass is 10.1. The lowest BCUT2D eigenvalue weighted by Crippen LogP contribution is -2.48. The van der Waals surface area contributed by atoms with Crippen LogP contribution in [-0.4, -0.2) is 59.5 Å². The molecule has 1 aliphatic rings. The average Bonchev–Trinajstić information content (AvgIpc) is 2.58. The summed E-state index contributed by atoms with van der Waals surface area (Å²) < 4.78 is 38.3. The highest BCUT2D eigenvalue weighted by atomic mass is 19.4. The Bertz CT molecular complexity index is 611. The number of unbranched alkanes of at least 4 members (excludes halogenated alkanes) is 1. The highest BCUT2D eigenvalue weighted by molar-refractivity contribution is 5.94. The molecule has 0 atom stereocenters. The Hall–Kier alpha value is -2.09. The molecule has 0 unspecified atom stereocenters. The van der Waals surface area contributed by atoms with E-state index in [4.69, 9.17) is 5.11 Å². The van der Waals surface area contributed by atoms with E-state index >= 15 is 0 Å². The van der Waals surface area contributed by atoms with E-state index in [-0.39, 0.29) is 12.0 Å². The standard InChI is InChI=1S/C17H21F3N2O3/c18-17(19,20)14-5-3-4-13(12-14)16(25)22-10-8-21(9-11-22)7-2-1-6-15(23)24/h3-5,12H,1-2,6-11H2,(H,23,24). The second-order valence-electron chi connectivity index (χ2n) is 6.06. The number of hydrogen-bond donors (Lipinski definition) is 1. The number of piperazine rings is 1. The molecule has 8 heteroatoms. The van der Waals surface area contributed by atoms with Gasteiger partial charge in [0.25, 0.3) is 5.91 Å². The Kier molecular flexibility index (Phi) is 6.41. The summed E-state index contributed by atoms with van der Waals surface area (Å²) in [4.78, 5) is 26.6. The van der Waals surface area contributed by atoms with E-state index in [9.17, 15) is 22.8 Å². The minimum absolute atomic E-state index is 0.0460. The van der Waals surface area contributed by atoms with Gasteiger partial charge in [0.2, 0.25) is 0 Å². The molecule has 0 saturated carbocycles. The summed E-state index contributed by atoms with van der Waals surface area (Å²) in [6.45, 7) is 2.94. The summed E-state index contributed by atoms with van der Waals surface area (Å²) in [5, 5.41) is 8.60. The van der Waals surface area contributed by atoms with E-state index in [2.05, 4.69) is 4.90 Å². The van der Waals surface area contributed by atoms with Crippen molar-refractivity contribution in [2.24, 2.45) is 0 Å². The predicted molar refractivity (Wildman–Crippen MR) is 85.3 cm³/mol. The molecule has 2 rings (SSSR count). The molecule has 1 aromatic rings. The van der Waals surface area contributed by atoms with Crippen molar-refractivity contribution in [2.45, 2.75) is 25.4 Å². The van der Waals surface area contributed by atoms with Gasteiger partial charge >= 0.3 is 12.1 Å². The summed E-state index contributed by atoms with van der Waals surface area (Å²) in [5.41, 5.74) is -0.778. The van der Waals surface area contributed by atoms with E-state index in [1.54, 1.807) is 4.90 Å². The minimum Gasteiger partial charge on any atom is -0.481 e. The van der Waals surface area contributed by atoms with Crippen LogP contribution in [0.2, 0.25) is 0 Å². The van der Waals surface area contributed by atoms with Gasteiger partial charge in [-0.3, -0.25) is 14.5 Å². The largest absolute Gasteiger partial charge is 0.481 e. The molecule has 25 heavy (non-hydrogen) atoms. The van der Waals surface area contributed by atoms with Crippen LogP contribution in [-0.2, 0) is 11.0 Å². The second kappa shape index (κ2) is 8.33. The third-order valence-electron chi connectivity index (χ3n) is 4.21. The monoisotopic (exact) mass is 358 g/mol. The fourth-order valence-corrected chi connectivity index (χ4v) is 2.80. The number of rotatable bonds is 6. The fourth-order valence-electron chi connectivity index (χ4n) is 2.80. The third kappa shape index (κ3) is 5.74. The zero-order valence-corrected chi connectivity index (χ0v) is 13.8. The number of halogens is 3. The maximum Gasteiger partial charge on any atom is 0.416 e. The van der Waals surface area contributed by atoms with Gasteiger partial charge in [-0.15, -0.1) is 0 Å². The summed E-state index contributed by atoms with van der Waals surface area (Å²) >= 11 is 0. The van der Waals surface area contributed by atoms with E-state index < -0.39 is 23.6 Å². The Labute approximate surface area is 144 Å². The van der Waals surface area contributed by atoms with Crippen LogP contribution in [0.1, 0.15) is 35.2 Å². The van der Waals surface area contributed by atoms with Crippen LogP contribution >= 0.6 is 0 Å². The Morgan fingerprint density at radius 3 is 2.36 bits per heavy atom. The fraction of sp³-hybridized carbons (Fsp3) is 0.529. The first-order valence-electron chi connectivity index (χ1n) is 8.18. The molecule has 1 fully saturated rings. The molecule has 0 aromatic heterocycles. The van der Waals surface area contributed by atoms with Crippen molar-refractivity contribution >= 4 is 11.9 Å². The van der Waals surface area contributed by atoms with E-state index in [0.717, 1.165) is 25.1 Å². The molecular formula is C17H21F3N2O3. The van der Waals surface area contributed by atoms with E-state index in [0.29, 0.717) is 32.6 Å². The summed E-state index contributed by atoms with van der Waals surface area (Å²) in [5.74, 6) is -1.20. The quantitative estimate of drug-likeness (QED) is 0.795. The number of carbonyl (C=O) groups excluding carboxylic acids is 1. The van der Waals surface area contributed by atoms with Gasteiger partial charge in [-0.2, -0.15) is 13.2 Å². The number of alkyl halides is 3. The minimum atomic E-state index is -4.47. The molecule has 1 amide bonds. The molecule has 0 radical (unpaired) electrons. The second-order valence-corrected chi connectivity index (χ2v) is 6.06. The van der Waals surface area contributed by atoms with Crippen LogP contribution in [0, 0.1) is 0 Å². The van der Waals surface area contributed by atoms with Crippen molar-refractivity contribution in [3.05, 3.63) is 35.4 Å². The van der Waals surface area contributed by atoms with Gasteiger partial charge in [0, 0.05) is 38.2 Å². The van der Waals surface area contributed by atoms with Crippen LogP contribution in [0.5, 0.6) is 0 Å². The maximum absolute atomic E-state index is 12.8. The first-order chi connectivity index (χ1) is 11.8. The van der Waals surface area contributed by atoms with Gasteiger partial charge in [0.1, 0.15) is 0 Å². The Morgan fingerprint density at radius 1 is 1.08 bits per heavy atom. The number of amides is 1. The molecule has 0 aliphatic carbocycles. The van der Waals surface area contributed by atoms with Crippen molar-refractivity contribution in [3.63, 3.8) is 0 Å². The number of aliphatic carboxylic acids is 1. The number of nitrogens with zero attached hydrogens (tertiary/aromatic N) is 2. The summed E-state index contributed by atoms with van der Waals surface area (Å²) in [6.07, 6.45) is -2.94. The average molecular weight is 358 g/mol. The van der Waals surface area contributed by atoms with Crippen LogP contribution in [0.4, 0.5) is 13.2 Å². The number of benzene rings is 1. The molecule has 0 bridgehead atoms. The molecule has 1 saturated heterocycles. The molecule has 1 aromatic carbocycles. The SMILES string of the molecule is O=C(O)CCCCN1CCN(C(=O)c2cccc(C(F)(F)F)c2)CC1. The molecule has 5 nitrogen and oxygen atoms in total. The van der Waals surface area contributed by atoms with Gasteiger partial charge in [0.15, 0.2) is 0 Å². The van der Waals surface area contributed by atoms with Gasteiger partial charge in [-0.1, -0.05) is 6.07 Å². The van der Waals surface area contributed by atoms with Gasteiger partial charge in [0.05, 0.1) is 5.56 Å². The van der Waals surface area contributed by atoms with Crippen molar-refractivity contribution in [3.8, 4) is 0 Å². The normalized spacial score (nSPS) is 16.0. The highest BCUT2D eigenvalue weighted by Gasteiger charge is 2.31. The van der Waals surface area contributed by atoms with E-state index in [1.807, 2.05) is 0 Å². The van der Waals surface area contributed by atoms with Crippen molar-refractivity contribution < 1.29 is 27.9 Å². The third-order valence-corrected chi connectivity index (χ3v) is 4.21. The Balaban J connectivity index is 1.84. The number of carboxylic acid groups (broad SMARTS) is 1. The zero-order valence-electron chi connectivity index (χ0n) is 13.8. The molecular weight excluding hydrogens is 337 g/mol. The lowest BCUT2D eigenvalue weighted by Gasteiger charge is -2.34. The van der Waals surface area contributed by atoms with Crippen molar-refractivity contribution in [1.29, 1.82) is 0 Å². The first-order valence-corrected chi connectivity index (χ1v) is 8.18. The first kappa shape index (κ1) is 19.2. The topological polar surface area (TPSA) is 60.9 Å². The predicted octanol–water partition coefficient (Wildman–Crippen LogP) is 2.72. The van der Waals surface area contributed by atoms with Gasteiger partial charge in [-0.25, -0.2) is 0 Å². The number of carboxylic acids is 1. The zero-order chi connectivity index (χ0) is 18.4. The van der Waals surface area contributed by atoms with Crippen LogP contribution in [0.15, 0.2) is 24.3 Å². The molecule has 0 spiro atoms. The molecule has 1 heterocycles. The van der Waals surface area contributed by atoms with Crippen molar-refractivity contribution in [2.75, 3.05) is 32.7 Å². The van der Waals surface area contributed by atoms with Gasteiger partial charge in [-0.05, 0) is 37.6 Å². The number of carbonyl (C=O) groups is 2. The van der Waals surface area contributed by atoms with Crippen LogP contribution < -0.4 is 0 Å². The smallest absolute Gasteiger partial charge is 0.416 e. The highest BCUT2D eigenvalue weighted by Crippen LogP contribution is 2.29. The van der Waals surface area contributed by atoms with Crippen LogP contribution in [0.25, 0.3) is 0 Å². The molecule has 1 aliphatic heterocycles. The molecule has 1 N–H and O–H groups in total. The van der Waals surface area contributed by atoms with Crippen LogP contribution in [0.3, 0.4) is 0 Å². The van der Waals surface area contributed by atoms with E-state index in [1.165, 1.54) is 12.1 Å². The summed E-state index contributed by atoms with van der Waals surface area (Å²) in [6, 6.07) is 4.48. The van der Waals surface area contributed by atoms with Gasteiger partial charge < -0.3 is 10.0 Å². The van der Waals surface area contributed by atoms with Crippen molar-refractivity contribution in [1.82, 2.24) is 9.80 Å². The number of hydrogen-bond acceptors (Lipinski definition) is 3. The summed E-state index contributed by atoms with van der Waals surface area (Å²) in [7, 11) is 0. The Morgan fingerprint density at radius 2 is 1.76 bits per heavy atom. The molecule has 138 valence electrons. The lowest BCUT2D eigenvalue weighted by molar-refractivity contribution is -0.138. The maximum atomic E-state index is 12.8.